The zero-order chi connectivity index (χ0) is 18.4. The lowest BCUT2D eigenvalue weighted by Gasteiger charge is -2.31. The van der Waals surface area contributed by atoms with Crippen LogP contribution in [-0.2, 0) is 6.54 Å². The van der Waals surface area contributed by atoms with Crippen molar-refractivity contribution in [3.8, 4) is 11.5 Å². The Kier molecular flexibility index (Phi) is 3.93. The maximum absolute atomic E-state index is 14.9. The number of anilines is 1. The molecule has 26 heavy (non-hydrogen) atoms. The van der Waals surface area contributed by atoms with Gasteiger partial charge in [0.1, 0.15) is 18.5 Å². The van der Waals surface area contributed by atoms with Gasteiger partial charge >= 0.3 is 6.16 Å². The number of nitrogens with zero attached hydrogens (tertiary/aromatic N) is 2. The van der Waals surface area contributed by atoms with Crippen molar-refractivity contribution in [2.24, 2.45) is 0 Å². The first-order valence-electron chi connectivity index (χ1n) is 8.27. The molecule has 0 aliphatic carbocycles. The highest BCUT2D eigenvalue weighted by molar-refractivity contribution is 5.92. The molecular formula is C17H16F2N2O5. The first-order chi connectivity index (χ1) is 12.5. The van der Waals surface area contributed by atoms with E-state index in [-0.39, 0.29) is 23.4 Å². The van der Waals surface area contributed by atoms with Crippen LogP contribution in [0.3, 0.4) is 0 Å². The molecule has 1 N–H and O–H groups in total. The van der Waals surface area contributed by atoms with Crippen molar-refractivity contribution < 1.29 is 28.2 Å². The van der Waals surface area contributed by atoms with Gasteiger partial charge in [0.15, 0.2) is 17.3 Å². The Balaban J connectivity index is 2.01. The molecule has 9 heteroatoms. The summed E-state index contributed by atoms with van der Waals surface area (Å²) in [5.74, 6) is -0.997. The molecule has 0 saturated carbocycles. The van der Waals surface area contributed by atoms with Crippen molar-refractivity contribution in [3.63, 3.8) is 0 Å². The van der Waals surface area contributed by atoms with Gasteiger partial charge in [0.05, 0.1) is 23.6 Å². The predicted octanol–water partition coefficient (Wildman–Crippen LogP) is 2.53. The molecule has 3 heterocycles. The van der Waals surface area contributed by atoms with E-state index in [1.165, 1.54) is 10.8 Å². The van der Waals surface area contributed by atoms with Gasteiger partial charge in [-0.25, -0.2) is 13.6 Å². The van der Waals surface area contributed by atoms with Crippen molar-refractivity contribution in [2.45, 2.75) is 25.5 Å². The first-order valence-corrected chi connectivity index (χ1v) is 8.27. The molecule has 2 aliphatic rings. The maximum atomic E-state index is 14.9. The summed E-state index contributed by atoms with van der Waals surface area (Å²) in [5.41, 5.74) is -0.219. The number of hydrogen-bond donors (Lipinski definition) is 1. The van der Waals surface area contributed by atoms with Crippen LogP contribution in [0.2, 0.25) is 0 Å². The molecule has 0 spiro atoms. The number of hydrogen-bond acceptors (Lipinski definition) is 5. The lowest BCUT2D eigenvalue weighted by molar-refractivity contribution is 0.135. The number of halogens is 2. The molecule has 1 aromatic heterocycles. The topological polar surface area (TPSA) is 81.0 Å². The van der Waals surface area contributed by atoms with Gasteiger partial charge in [-0.05, 0) is 18.9 Å². The van der Waals surface area contributed by atoms with Gasteiger partial charge in [-0.3, -0.25) is 4.79 Å². The van der Waals surface area contributed by atoms with Crippen molar-refractivity contribution in [1.82, 2.24) is 4.57 Å². The van der Waals surface area contributed by atoms with E-state index in [1.54, 1.807) is 0 Å². The Bertz CT molecular complexity index is 953. The van der Waals surface area contributed by atoms with Crippen molar-refractivity contribution in [2.75, 3.05) is 24.7 Å². The molecular weight excluding hydrogens is 350 g/mol. The molecule has 1 saturated heterocycles. The van der Waals surface area contributed by atoms with Crippen molar-refractivity contribution in [3.05, 3.63) is 28.3 Å². The number of ether oxygens (including phenoxy) is 2. The molecule has 0 unspecified atom stereocenters. The first kappa shape index (κ1) is 16.6. The minimum absolute atomic E-state index is 0.0569. The maximum Gasteiger partial charge on any atom is 0.511 e. The zero-order valence-electron chi connectivity index (χ0n) is 13.7. The second-order valence-corrected chi connectivity index (χ2v) is 6.36. The zero-order valence-corrected chi connectivity index (χ0v) is 13.7. The van der Waals surface area contributed by atoms with E-state index in [4.69, 9.17) is 9.84 Å². The van der Waals surface area contributed by atoms with Crippen LogP contribution >= 0.6 is 0 Å². The summed E-state index contributed by atoms with van der Waals surface area (Å²) < 4.78 is 39.9. The third kappa shape index (κ3) is 2.54. The molecule has 138 valence electrons. The summed E-state index contributed by atoms with van der Waals surface area (Å²) in [6.45, 7) is 0.534. The molecule has 0 bridgehead atoms. The largest absolute Gasteiger partial charge is 0.511 e. The minimum Gasteiger partial charge on any atom is -0.481 e. The third-order valence-corrected chi connectivity index (χ3v) is 4.69. The van der Waals surface area contributed by atoms with E-state index in [0.717, 1.165) is 18.9 Å². The highest BCUT2D eigenvalue weighted by atomic mass is 19.1. The Morgan fingerprint density at radius 3 is 2.77 bits per heavy atom. The van der Waals surface area contributed by atoms with Crippen LogP contribution in [0, 0.1) is 5.82 Å². The summed E-state index contributed by atoms with van der Waals surface area (Å²) in [6, 6.07) is 1.07. The fourth-order valence-electron chi connectivity index (χ4n) is 3.62. The number of rotatable bonds is 3. The number of carboxylic acid groups (broad SMARTS) is 1. The number of aromatic nitrogens is 1. The van der Waals surface area contributed by atoms with Crippen molar-refractivity contribution in [1.29, 1.82) is 0 Å². The third-order valence-electron chi connectivity index (χ3n) is 4.69. The predicted molar refractivity (Wildman–Crippen MR) is 88.7 cm³/mol. The Morgan fingerprint density at radius 1 is 1.38 bits per heavy atom. The monoisotopic (exact) mass is 366 g/mol. The highest BCUT2D eigenvalue weighted by Crippen LogP contribution is 2.42. The molecule has 7 nitrogen and oxygen atoms in total. The molecule has 1 fully saturated rings. The fraction of sp³-hybridized carbons (Fsp3) is 0.412. The number of benzene rings is 1. The van der Waals surface area contributed by atoms with E-state index in [9.17, 15) is 18.4 Å². The summed E-state index contributed by atoms with van der Waals surface area (Å²) in [5, 5.41) is 8.74. The summed E-state index contributed by atoms with van der Waals surface area (Å²) in [4.78, 5) is 25.2. The fourth-order valence-corrected chi connectivity index (χ4v) is 3.62. The van der Waals surface area contributed by atoms with E-state index in [2.05, 4.69) is 4.74 Å². The Hall–Kier alpha value is -2.84. The number of alkyl halides is 1. The number of pyridine rings is 1. The average molecular weight is 366 g/mol. The average Bonchev–Trinajstić information content (AvgIpc) is 3.12. The van der Waals surface area contributed by atoms with Crippen molar-refractivity contribution >= 4 is 22.7 Å². The van der Waals surface area contributed by atoms with Gasteiger partial charge in [0.2, 0.25) is 5.43 Å². The van der Waals surface area contributed by atoms with Crippen LogP contribution in [0.1, 0.15) is 12.8 Å². The number of carbonyl (C=O) groups is 1. The highest BCUT2D eigenvalue weighted by Gasteiger charge is 2.31. The van der Waals surface area contributed by atoms with Gasteiger partial charge in [-0.15, -0.1) is 0 Å². The van der Waals surface area contributed by atoms with Crippen LogP contribution in [-0.4, -0.2) is 41.7 Å². The van der Waals surface area contributed by atoms with Crippen LogP contribution in [0.5, 0.6) is 11.5 Å². The lowest BCUT2D eigenvalue weighted by atomic mass is 10.1. The molecule has 1 aromatic carbocycles. The van der Waals surface area contributed by atoms with E-state index < -0.39 is 35.9 Å². The van der Waals surface area contributed by atoms with Crippen LogP contribution < -0.4 is 19.8 Å². The molecule has 2 aliphatic heterocycles. The van der Waals surface area contributed by atoms with Gasteiger partial charge in [0, 0.05) is 13.1 Å². The molecule has 0 radical (unpaired) electrons. The summed E-state index contributed by atoms with van der Waals surface area (Å²) >= 11 is 0. The second-order valence-electron chi connectivity index (χ2n) is 6.36. The molecule has 0 amide bonds. The normalized spacial score (nSPS) is 18.8. The minimum atomic E-state index is -1.65. The van der Waals surface area contributed by atoms with Gasteiger partial charge in [-0.1, -0.05) is 0 Å². The molecule has 1 atom stereocenters. The Labute approximate surface area is 146 Å². The second kappa shape index (κ2) is 6.15. The van der Waals surface area contributed by atoms with E-state index in [0.29, 0.717) is 18.6 Å². The summed E-state index contributed by atoms with van der Waals surface area (Å²) in [7, 11) is 0. The quantitative estimate of drug-likeness (QED) is 0.841. The van der Waals surface area contributed by atoms with E-state index in [1.807, 2.05) is 4.90 Å². The van der Waals surface area contributed by atoms with Gasteiger partial charge < -0.3 is 24.0 Å². The summed E-state index contributed by atoms with van der Waals surface area (Å²) in [6.07, 6.45) is 0.495. The van der Waals surface area contributed by atoms with E-state index >= 15 is 0 Å². The van der Waals surface area contributed by atoms with Crippen LogP contribution in [0.15, 0.2) is 17.1 Å². The standard InChI is InChI=1S/C17H16F2N2O5/c18-6-9-7-21-8-12(26-17(23)24)15(22)10-5-11(19)14(16(25-9)13(10)21)20-3-1-2-4-20/h5,8-9H,1-4,6-7H2,(H,23,24)/t9-/m0/s1. The smallest absolute Gasteiger partial charge is 0.481 e. The van der Waals surface area contributed by atoms with Crippen LogP contribution in [0.25, 0.3) is 10.9 Å². The van der Waals surface area contributed by atoms with Gasteiger partial charge in [0.25, 0.3) is 0 Å². The SMILES string of the molecule is O=C(O)Oc1cn2c3c(c(N4CCCC4)c(F)cc3c1=O)O[C@@H](CF)C2. The Morgan fingerprint density at radius 2 is 2.12 bits per heavy atom. The van der Waals surface area contributed by atoms with Gasteiger partial charge in [-0.2, -0.15) is 0 Å². The molecule has 2 aromatic rings. The van der Waals surface area contributed by atoms with Crippen LogP contribution in [0.4, 0.5) is 19.3 Å². The lowest BCUT2D eigenvalue weighted by Crippen LogP contribution is -2.33. The molecule has 4 rings (SSSR count).